The number of nitrogens with zero attached hydrogens (tertiary/aromatic N) is 2. The van der Waals surface area contributed by atoms with Crippen LogP contribution in [0, 0.1) is 0 Å². The van der Waals surface area contributed by atoms with Crippen molar-refractivity contribution in [2.24, 2.45) is 0 Å². The summed E-state index contributed by atoms with van der Waals surface area (Å²) < 4.78 is 5.64. The molecule has 20 heavy (non-hydrogen) atoms. The standard InChI is InChI=1S/C13H22N4O2S/c1-6-8-14-11(18)9(3)20-13-16-15-12(19-13)10(7-2)17(4)5/h6,9-10H,1,7-8H2,2-5H3,(H,14,18)/p+1/t9-,10+/m1/s1. The lowest BCUT2D eigenvalue weighted by Crippen LogP contribution is -3.06. The third-order valence-electron chi connectivity index (χ3n) is 2.89. The molecule has 1 rings (SSSR count). The summed E-state index contributed by atoms with van der Waals surface area (Å²) in [5.41, 5.74) is 0. The Hall–Kier alpha value is -1.34. The summed E-state index contributed by atoms with van der Waals surface area (Å²) in [7, 11) is 4.10. The molecule has 1 amide bonds. The highest BCUT2D eigenvalue weighted by Crippen LogP contribution is 2.23. The molecule has 1 aromatic heterocycles. The fraction of sp³-hybridized carbons (Fsp3) is 0.615. The number of hydrogen-bond donors (Lipinski definition) is 2. The van der Waals surface area contributed by atoms with Crippen LogP contribution in [0.2, 0.25) is 0 Å². The number of carbonyl (C=O) groups is 1. The third-order valence-corrected chi connectivity index (χ3v) is 3.83. The predicted molar refractivity (Wildman–Crippen MR) is 78.7 cm³/mol. The SMILES string of the molecule is C=CCNC(=O)[C@@H](C)Sc1nnc([C@H](CC)[NH+](C)C)o1. The Kier molecular flexibility index (Phi) is 6.74. The van der Waals surface area contributed by atoms with Gasteiger partial charge in [0.05, 0.1) is 19.3 Å². The van der Waals surface area contributed by atoms with Gasteiger partial charge in [-0.1, -0.05) is 24.8 Å². The van der Waals surface area contributed by atoms with Gasteiger partial charge in [0.1, 0.15) is 0 Å². The van der Waals surface area contributed by atoms with Crippen LogP contribution in [0.5, 0.6) is 0 Å². The van der Waals surface area contributed by atoms with Crippen molar-refractivity contribution in [1.29, 1.82) is 0 Å². The zero-order valence-electron chi connectivity index (χ0n) is 12.5. The molecule has 0 saturated heterocycles. The molecule has 0 radical (unpaired) electrons. The van der Waals surface area contributed by atoms with Gasteiger partial charge in [-0.15, -0.1) is 16.8 Å². The van der Waals surface area contributed by atoms with E-state index in [1.165, 1.54) is 16.7 Å². The molecule has 0 aromatic carbocycles. The minimum Gasteiger partial charge on any atom is -0.410 e. The first-order chi connectivity index (χ1) is 9.49. The lowest BCUT2D eigenvalue weighted by Gasteiger charge is -2.15. The Morgan fingerprint density at radius 2 is 2.25 bits per heavy atom. The van der Waals surface area contributed by atoms with Crippen LogP contribution < -0.4 is 10.2 Å². The molecule has 0 fully saturated rings. The van der Waals surface area contributed by atoms with Crippen molar-refractivity contribution in [3.63, 3.8) is 0 Å². The number of rotatable bonds is 8. The number of amides is 1. The van der Waals surface area contributed by atoms with Crippen molar-refractivity contribution < 1.29 is 14.1 Å². The van der Waals surface area contributed by atoms with Gasteiger partial charge in [0, 0.05) is 13.0 Å². The van der Waals surface area contributed by atoms with E-state index in [2.05, 4.69) is 43.1 Å². The Labute approximate surface area is 124 Å². The van der Waals surface area contributed by atoms with Gasteiger partial charge in [-0.05, 0) is 6.92 Å². The third kappa shape index (κ3) is 4.64. The van der Waals surface area contributed by atoms with E-state index in [1.807, 2.05) is 6.92 Å². The Balaban J connectivity index is 2.63. The van der Waals surface area contributed by atoms with Crippen LogP contribution in [0.15, 0.2) is 22.3 Å². The zero-order chi connectivity index (χ0) is 15.1. The maximum absolute atomic E-state index is 11.7. The second-order valence-electron chi connectivity index (χ2n) is 4.74. The van der Waals surface area contributed by atoms with E-state index in [4.69, 9.17) is 4.42 Å². The lowest BCUT2D eigenvalue weighted by molar-refractivity contribution is -0.894. The van der Waals surface area contributed by atoms with E-state index in [0.717, 1.165) is 6.42 Å². The Morgan fingerprint density at radius 3 is 2.80 bits per heavy atom. The van der Waals surface area contributed by atoms with Gasteiger partial charge in [0.25, 0.3) is 11.1 Å². The van der Waals surface area contributed by atoms with E-state index in [9.17, 15) is 4.79 Å². The van der Waals surface area contributed by atoms with Crippen LogP contribution in [0.4, 0.5) is 0 Å². The average molecular weight is 299 g/mol. The summed E-state index contributed by atoms with van der Waals surface area (Å²) in [5.74, 6) is 0.550. The molecule has 2 atom stereocenters. The minimum atomic E-state index is -0.282. The van der Waals surface area contributed by atoms with E-state index in [-0.39, 0.29) is 17.2 Å². The molecule has 0 unspecified atom stereocenters. The number of nitrogens with one attached hydrogen (secondary N) is 2. The van der Waals surface area contributed by atoms with Crippen LogP contribution in [0.1, 0.15) is 32.2 Å². The second-order valence-corrected chi connectivity index (χ2v) is 6.03. The summed E-state index contributed by atoms with van der Waals surface area (Å²) in [5, 5.41) is 11.0. The molecular weight excluding hydrogens is 276 g/mol. The fourth-order valence-electron chi connectivity index (χ4n) is 1.76. The van der Waals surface area contributed by atoms with Gasteiger partial charge in [-0.3, -0.25) is 4.79 Å². The van der Waals surface area contributed by atoms with Gasteiger partial charge in [-0.25, -0.2) is 0 Å². The van der Waals surface area contributed by atoms with Crippen LogP contribution in [0.25, 0.3) is 0 Å². The average Bonchev–Trinajstić information content (AvgIpc) is 2.84. The van der Waals surface area contributed by atoms with Crippen LogP contribution >= 0.6 is 11.8 Å². The van der Waals surface area contributed by atoms with Gasteiger partial charge in [0.2, 0.25) is 5.91 Å². The highest BCUT2D eigenvalue weighted by molar-refractivity contribution is 8.00. The topological polar surface area (TPSA) is 72.5 Å². The van der Waals surface area contributed by atoms with E-state index >= 15 is 0 Å². The lowest BCUT2D eigenvalue weighted by atomic mass is 10.2. The van der Waals surface area contributed by atoms with Gasteiger partial charge >= 0.3 is 0 Å². The summed E-state index contributed by atoms with van der Waals surface area (Å²) in [6, 6.07) is 0.182. The number of carbonyl (C=O) groups excluding carboxylic acids is 1. The smallest absolute Gasteiger partial charge is 0.277 e. The van der Waals surface area contributed by atoms with Gasteiger partial charge in [0.15, 0.2) is 6.04 Å². The maximum Gasteiger partial charge on any atom is 0.277 e. The molecule has 6 nitrogen and oxygen atoms in total. The highest BCUT2D eigenvalue weighted by Gasteiger charge is 2.24. The first kappa shape index (κ1) is 16.7. The summed E-state index contributed by atoms with van der Waals surface area (Å²) in [6.07, 6.45) is 2.57. The summed E-state index contributed by atoms with van der Waals surface area (Å²) in [4.78, 5) is 13.0. The van der Waals surface area contributed by atoms with Crippen molar-refractivity contribution >= 4 is 17.7 Å². The van der Waals surface area contributed by atoms with Crippen molar-refractivity contribution in [2.45, 2.75) is 36.8 Å². The molecule has 0 aliphatic heterocycles. The first-order valence-corrected chi connectivity index (χ1v) is 7.56. The molecule has 1 heterocycles. The van der Waals surface area contributed by atoms with Crippen LogP contribution in [-0.2, 0) is 4.79 Å². The molecule has 1 aromatic rings. The largest absolute Gasteiger partial charge is 0.410 e. The molecule has 0 aliphatic rings. The van der Waals surface area contributed by atoms with Gasteiger partial charge in [-0.2, -0.15) is 0 Å². The van der Waals surface area contributed by atoms with E-state index < -0.39 is 0 Å². The van der Waals surface area contributed by atoms with Crippen molar-refractivity contribution in [1.82, 2.24) is 15.5 Å². The number of aromatic nitrogens is 2. The molecule has 7 heteroatoms. The molecule has 0 spiro atoms. The number of hydrogen-bond acceptors (Lipinski definition) is 5. The molecule has 0 saturated carbocycles. The van der Waals surface area contributed by atoms with Crippen LogP contribution in [-0.4, -0.2) is 42.0 Å². The predicted octanol–water partition coefficient (Wildman–Crippen LogP) is 0.448. The van der Waals surface area contributed by atoms with E-state index in [1.54, 1.807) is 6.08 Å². The quantitative estimate of drug-likeness (QED) is 0.538. The Bertz CT molecular complexity index is 447. The molecule has 0 bridgehead atoms. The fourth-order valence-corrected chi connectivity index (χ4v) is 2.47. The minimum absolute atomic E-state index is 0.0695. The zero-order valence-corrected chi connectivity index (χ0v) is 13.3. The van der Waals surface area contributed by atoms with Crippen molar-refractivity contribution in [3.8, 4) is 0 Å². The normalized spacial score (nSPS) is 14.1. The molecule has 2 N–H and O–H groups in total. The number of thioether (sulfide) groups is 1. The number of quaternary nitrogens is 1. The first-order valence-electron chi connectivity index (χ1n) is 6.68. The van der Waals surface area contributed by atoms with E-state index in [0.29, 0.717) is 17.7 Å². The highest BCUT2D eigenvalue weighted by atomic mass is 32.2. The maximum atomic E-state index is 11.7. The van der Waals surface area contributed by atoms with Gasteiger partial charge < -0.3 is 14.6 Å². The van der Waals surface area contributed by atoms with Crippen LogP contribution in [0.3, 0.4) is 0 Å². The van der Waals surface area contributed by atoms with Crippen molar-refractivity contribution in [2.75, 3.05) is 20.6 Å². The monoisotopic (exact) mass is 299 g/mol. The van der Waals surface area contributed by atoms with Crippen molar-refractivity contribution in [3.05, 3.63) is 18.5 Å². The molecular formula is C13H23N4O2S+. The molecule has 0 aliphatic carbocycles. The summed E-state index contributed by atoms with van der Waals surface area (Å²) in [6.45, 7) is 7.91. The molecule has 112 valence electrons. The summed E-state index contributed by atoms with van der Waals surface area (Å²) >= 11 is 1.27. The Morgan fingerprint density at radius 1 is 1.55 bits per heavy atom. The second kappa shape index (κ2) is 8.06.